The van der Waals surface area contributed by atoms with Gasteiger partial charge in [0.2, 0.25) is 10.0 Å². The first-order valence-corrected chi connectivity index (χ1v) is 14.7. The van der Waals surface area contributed by atoms with Gasteiger partial charge in [-0.25, -0.2) is 8.42 Å². The number of rotatable bonds is 8. The first-order valence-electron chi connectivity index (χ1n) is 13.2. The van der Waals surface area contributed by atoms with Crippen molar-refractivity contribution >= 4 is 38.4 Å². The number of fused-ring (bicyclic) bond motifs is 1. The van der Waals surface area contributed by atoms with Crippen LogP contribution in [0, 0.1) is 11.3 Å². The van der Waals surface area contributed by atoms with Gasteiger partial charge in [0.25, 0.3) is 5.56 Å². The number of anilines is 2. The van der Waals surface area contributed by atoms with Crippen molar-refractivity contribution in [2.24, 2.45) is 0 Å². The van der Waals surface area contributed by atoms with Crippen LogP contribution >= 0.6 is 0 Å². The molecule has 12 heteroatoms. The number of pyridine rings is 1. The molecule has 0 saturated heterocycles. The Labute approximate surface area is 234 Å². The van der Waals surface area contributed by atoms with Crippen LogP contribution in [-0.4, -0.2) is 47.3 Å². The summed E-state index contributed by atoms with van der Waals surface area (Å²) in [5.74, 6) is -0.287. The SMILES string of the molecule is CN(c1ccc(S(=O)(=O)NC(C)(C)C(=O)OC(C)(C)C)cc1)c1nn(C2(CC#N)CCCC2)c2cc[nH]c(=O)c12. The summed E-state index contributed by atoms with van der Waals surface area (Å²) in [4.78, 5) is 29.9. The van der Waals surface area contributed by atoms with Crippen molar-refractivity contribution in [2.45, 2.75) is 88.3 Å². The molecule has 40 heavy (non-hydrogen) atoms. The predicted octanol–water partition coefficient (Wildman–Crippen LogP) is 4.07. The van der Waals surface area contributed by atoms with Crippen LogP contribution in [0.3, 0.4) is 0 Å². The fraction of sp³-hybridized carbons (Fsp3) is 0.500. The van der Waals surface area contributed by atoms with Crippen LogP contribution in [0.4, 0.5) is 11.5 Å². The summed E-state index contributed by atoms with van der Waals surface area (Å²) in [5, 5.41) is 14.8. The molecule has 0 spiro atoms. The van der Waals surface area contributed by atoms with Gasteiger partial charge in [-0.15, -0.1) is 0 Å². The first-order chi connectivity index (χ1) is 18.6. The minimum Gasteiger partial charge on any atom is -0.459 e. The highest BCUT2D eigenvalue weighted by Gasteiger charge is 2.39. The van der Waals surface area contributed by atoms with Crippen molar-refractivity contribution in [3.8, 4) is 6.07 Å². The number of sulfonamides is 1. The number of benzene rings is 1. The number of hydrogen-bond donors (Lipinski definition) is 2. The topological polar surface area (TPSA) is 150 Å². The number of aromatic nitrogens is 3. The molecule has 2 heterocycles. The zero-order chi connectivity index (χ0) is 29.5. The molecule has 0 bridgehead atoms. The highest BCUT2D eigenvalue weighted by atomic mass is 32.2. The molecule has 0 unspecified atom stereocenters. The van der Waals surface area contributed by atoms with Crippen LogP contribution in [-0.2, 0) is 25.1 Å². The number of H-pyrrole nitrogens is 1. The van der Waals surface area contributed by atoms with Gasteiger partial charge in [0, 0.05) is 18.9 Å². The minimum absolute atomic E-state index is 0.0338. The van der Waals surface area contributed by atoms with Crippen molar-refractivity contribution < 1.29 is 17.9 Å². The molecule has 3 aromatic rings. The Hall–Kier alpha value is -3.69. The smallest absolute Gasteiger partial charge is 0.327 e. The van der Waals surface area contributed by atoms with E-state index in [0.717, 1.165) is 25.7 Å². The quantitative estimate of drug-likeness (QED) is 0.386. The Bertz CT molecular complexity index is 1620. The average Bonchev–Trinajstić information content (AvgIpc) is 3.49. The molecule has 2 aromatic heterocycles. The largest absolute Gasteiger partial charge is 0.459 e. The van der Waals surface area contributed by atoms with Gasteiger partial charge in [0.15, 0.2) is 5.82 Å². The summed E-state index contributed by atoms with van der Waals surface area (Å²) >= 11 is 0. The van der Waals surface area contributed by atoms with Crippen molar-refractivity contribution in [2.75, 3.05) is 11.9 Å². The van der Waals surface area contributed by atoms with Crippen molar-refractivity contribution in [1.29, 1.82) is 5.26 Å². The standard InChI is InChI=1S/C28H36N6O5S/c1-26(2,3)39-25(36)27(4,5)32-40(37,38)20-11-9-19(10-12-20)33(6)23-22-21(13-18-30-24(22)35)34(31-23)28(16-17-29)14-7-8-15-28/h9-13,18,32H,7-8,14-16H2,1-6H3,(H,30,35). The van der Waals surface area contributed by atoms with E-state index in [9.17, 15) is 23.3 Å². The summed E-state index contributed by atoms with van der Waals surface area (Å²) < 4.78 is 35.9. The molecule has 1 fully saturated rings. The number of nitrogens with one attached hydrogen (secondary N) is 2. The van der Waals surface area contributed by atoms with E-state index in [1.807, 2.05) is 4.68 Å². The van der Waals surface area contributed by atoms with Gasteiger partial charge in [-0.1, -0.05) is 12.8 Å². The van der Waals surface area contributed by atoms with Crippen LogP contribution in [0.2, 0.25) is 0 Å². The molecule has 0 amide bonds. The molecule has 2 N–H and O–H groups in total. The molecule has 1 aliphatic carbocycles. The predicted molar refractivity (Wildman–Crippen MR) is 152 cm³/mol. The lowest BCUT2D eigenvalue weighted by Gasteiger charge is -2.29. The molecular weight excluding hydrogens is 532 g/mol. The Kier molecular flexibility index (Phi) is 7.60. The van der Waals surface area contributed by atoms with Crippen LogP contribution in [0.5, 0.6) is 0 Å². The van der Waals surface area contributed by atoms with Crippen LogP contribution in [0.15, 0.2) is 46.2 Å². The Morgan fingerprint density at radius 3 is 2.38 bits per heavy atom. The molecule has 1 aliphatic rings. The third-order valence-electron chi connectivity index (χ3n) is 7.13. The average molecular weight is 569 g/mol. The van der Waals surface area contributed by atoms with Crippen LogP contribution in [0.1, 0.15) is 66.7 Å². The molecule has 11 nitrogen and oxygen atoms in total. The lowest BCUT2D eigenvalue weighted by Crippen LogP contribution is -2.52. The molecule has 1 saturated carbocycles. The maximum Gasteiger partial charge on any atom is 0.327 e. The van der Waals surface area contributed by atoms with Crippen LogP contribution in [0.25, 0.3) is 10.9 Å². The summed E-state index contributed by atoms with van der Waals surface area (Å²) in [6, 6.07) is 10.2. The maximum atomic E-state index is 13.1. The first kappa shape index (κ1) is 29.3. The number of nitriles is 1. The number of aromatic amines is 1. The maximum absolute atomic E-state index is 13.1. The van der Waals surface area contributed by atoms with E-state index in [1.165, 1.54) is 26.0 Å². The van der Waals surface area contributed by atoms with E-state index in [2.05, 4.69) is 15.8 Å². The number of carbonyl (C=O) groups excluding carboxylic acids is 1. The van der Waals surface area contributed by atoms with Gasteiger partial charge in [-0.05, 0) is 77.8 Å². The number of ether oxygens (including phenoxy) is 1. The summed E-state index contributed by atoms with van der Waals surface area (Å²) in [6.07, 6.45) is 5.42. The van der Waals surface area contributed by atoms with Crippen molar-refractivity contribution in [3.05, 3.63) is 46.9 Å². The highest BCUT2D eigenvalue weighted by Crippen LogP contribution is 2.42. The van der Waals surface area contributed by atoms with E-state index in [4.69, 9.17) is 9.84 Å². The third-order valence-corrected chi connectivity index (χ3v) is 8.80. The second kappa shape index (κ2) is 10.4. The molecular formula is C28H36N6O5S. The molecule has 214 valence electrons. The summed E-state index contributed by atoms with van der Waals surface area (Å²) in [6.45, 7) is 8.03. The molecule has 0 atom stereocenters. The number of esters is 1. The van der Waals surface area contributed by atoms with Crippen LogP contribution < -0.4 is 15.2 Å². The lowest BCUT2D eigenvalue weighted by atomic mass is 9.94. The van der Waals surface area contributed by atoms with Crippen molar-refractivity contribution in [3.63, 3.8) is 0 Å². The molecule has 1 aromatic carbocycles. The number of carbonyl (C=O) groups is 1. The van der Waals surface area contributed by atoms with Gasteiger partial charge in [-0.2, -0.15) is 15.1 Å². The second-order valence-electron chi connectivity index (χ2n) is 11.9. The number of hydrogen-bond acceptors (Lipinski definition) is 8. The van der Waals surface area contributed by atoms with E-state index in [1.54, 1.807) is 57.1 Å². The van der Waals surface area contributed by atoms with Gasteiger partial charge in [-0.3, -0.25) is 14.3 Å². The van der Waals surface area contributed by atoms with E-state index >= 15 is 0 Å². The monoisotopic (exact) mass is 568 g/mol. The van der Waals surface area contributed by atoms with Crippen molar-refractivity contribution in [1.82, 2.24) is 19.5 Å². The van der Waals surface area contributed by atoms with Gasteiger partial charge in [0.05, 0.1) is 28.4 Å². The van der Waals surface area contributed by atoms with E-state index in [-0.39, 0.29) is 10.5 Å². The highest BCUT2D eigenvalue weighted by molar-refractivity contribution is 7.89. The van der Waals surface area contributed by atoms with Gasteiger partial charge >= 0.3 is 5.97 Å². The fourth-order valence-electron chi connectivity index (χ4n) is 5.11. The molecule has 4 rings (SSSR count). The van der Waals surface area contributed by atoms with E-state index < -0.39 is 32.7 Å². The Morgan fingerprint density at radius 1 is 1.18 bits per heavy atom. The van der Waals surface area contributed by atoms with E-state index in [0.29, 0.717) is 28.8 Å². The number of nitrogens with zero attached hydrogens (tertiary/aromatic N) is 4. The third kappa shape index (κ3) is 5.62. The molecule has 0 aliphatic heterocycles. The summed E-state index contributed by atoms with van der Waals surface area (Å²) in [5.41, 5.74) is -1.80. The normalized spacial score (nSPS) is 15.6. The summed E-state index contributed by atoms with van der Waals surface area (Å²) in [7, 11) is -2.32. The van der Waals surface area contributed by atoms with Gasteiger partial charge < -0.3 is 14.6 Å². The Balaban J connectivity index is 1.67. The molecule has 0 radical (unpaired) electrons. The zero-order valence-electron chi connectivity index (χ0n) is 23.7. The minimum atomic E-state index is -4.06. The zero-order valence-corrected chi connectivity index (χ0v) is 24.6. The van der Waals surface area contributed by atoms with Gasteiger partial charge in [0.1, 0.15) is 16.5 Å². The fourth-order valence-corrected chi connectivity index (χ4v) is 6.48. The Morgan fingerprint density at radius 2 is 1.80 bits per heavy atom. The second-order valence-corrected chi connectivity index (χ2v) is 13.5. The lowest BCUT2D eigenvalue weighted by molar-refractivity contribution is -0.160.